The van der Waals surface area contributed by atoms with Gasteiger partial charge in [-0.1, -0.05) is 103 Å². The molecule has 0 spiro atoms. The summed E-state index contributed by atoms with van der Waals surface area (Å²) in [5.74, 6) is 0.697. The zero-order chi connectivity index (χ0) is 28.1. The molecule has 3 aromatic heterocycles. The van der Waals surface area contributed by atoms with E-state index in [1.165, 1.54) is 57.8 Å². The van der Waals surface area contributed by atoms with E-state index in [0.717, 1.165) is 27.2 Å². The van der Waals surface area contributed by atoms with Crippen molar-refractivity contribution in [2.45, 2.75) is 0 Å². The van der Waals surface area contributed by atoms with Gasteiger partial charge in [0, 0.05) is 42.1 Å². The minimum Gasteiger partial charge on any atom is -0.276 e. The highest BCUT2D eigenvalue weighted by atomic mass is 32.1. The summed E-state index contributed by atoms with van der Waals surface area (Å²) in [5.41, 5.74) is 7.79. The van der Waals surface area contributed by atoms with Gasteiger partial charge in [0.05, 0.1) is 32.0 Å². The van der Waals surface area contributed by atoms with Gasteiger partial charge in [0.2, 0.25) is 5.95 Å². The van der Waals surface area contributed by atoms with Crippen LogP contribution in [0.3, 0.4) is 0 Å². The molecule has 1 aliphatic rings. The minimum atomic E-state index is 0.697. The normalized spacial score (nSPS) is 12.6. The van der Waals surface area contributed by atoms with Crippen molar-refractivity contribution in [3.05, 3.63) is 127 Å². The molecule has 0 saturated carbocycles. The first kappa shape index (κ1) is 23.5. The summed E-state index contributed by atoms with van der Waals surface area (Å²) >= 11 is 3.63. The van der Waals surface area contributed by atoms with E-state index >= 15 is 0 Å². The Balaban J connectivity index is 1.40. The molecule has 1 aliphatic heterocycles. The number of para-hydroxylation sites is 1. The fourth-order valence-corrected chi connectivity index (χ4v) is 9.12. The predicted octanol–water partition coefficient (Wildman–Crippen LogP) is 11.5. The van der Waals surface area contributed by atoms with Crippen molar-refractivity contribution in [3.8, 4) is 22.4 Å². The van der Waals surface area contributed by atoms with Crippen molar-refractivity contribution in [2.75, 3.05) is 4.90 Å². The number of anilines is 3. The Morgan fingerprint density at radius 2 is 1.23 bits per heavy atom. The van der Waals surface area contributed by atoms with Crippen molar-refractivity contribution in [2.24, 2.45) is 0 Å². The first-order chi connectivity index (χ1) is 21.3. The number of rotatable bonds is 2. The fourth-order valence-electron chi connectivity index (χ4n) is 6.74. The first-order valence-electron chi connectivity index (χ1n) is 14.3. The van der Waals surface area contributed by atoms with Gasteiger partial charge in [0.25, 0.3) is 0 Å². The van der Waals surface area contributed by atoms with E-state index in [9.17, 15) is 0 Å². The lowest BCUT2D eigenvalue weighted by molar-refractivity contribution is 1.12. The summed E-state index contributed by atoms with van der Waals surface area (Å²) in [4.78, 5) is 13.2. The Bertz CT molecular complexity index is 2580. The van der Waals surface area contributed by atoms with Crippen LogP contribution >= 0.6 is 22.7 Å². The molecule has 0 unspecified atom stereocenters. The van der Waals surface area contributed by atoms with Crippen molar-refractivity contribution in [3.63, 3.8) is 0 Å². The molecule has 5 heteroatoms. The molecule has 0 bridgehead atoms. The number of benzene rings is 6. The van der Waals surface area contributed by atoms with Gasteiger partial charge in [-0.3, -0.25) is 4.90 Å². The van der Waals surface area contributed by atoms with Gasteiger partial charge in [0.1, 0.15) is 0 Å². The lowest BCUT2D eigenvalue weighted by atomic mass is 9.90. The average Bonchev–Trinajstić information content (AvgIpc) is 3.63. The summed E-state index contributed by atoms with van der Waals surface area (Å²) in [6.45, 7) is 0. The van der Waals surface area contributed by atoms with E-state index in [4.69, 9.17) is 9.97 Å². The van der Waals surface area contributed by atoms with Crippen LogP contribution in [0.25, 0.3) is 73.6 Å². The summed E-state index contributed by atoms with van der Waals surface area (Å²) in [7, 11) is 0. The van der Waals surface area contributed by atoms with E-state index in [1.807, 2.05) is 11.3 Å². The molecular weight excluding hydrogens is 563 g/mol. The maximum Gasteiger partial charge on any atom is 0.235 e. The molecule has 0 amide bonds. The molecule has 0 fully saturated rings. The quantitative estimate of drug-likeness (QED) is 0.203. The minimum absolute atomic E-state index is 0.697. The molecule has 6 aromatic carbocycles. The van der Waals surface area contributed by atoms with Gasteiger partial charge < -0.3 is 0 Å². The van der Waals surface area contributed by atoms with E-state index in [1.54, 1.807) is 11.3 Å². The Kier molecular flexibility index (Phi) is 4.75. The monoisotopic (exact) mass is 583 g/mol. The van der Waals surface area contributed by atoms with E-state index in [2.05, 4.69) is 132 Å². The summed E-state index contributed by atoms with van der Waals surface area (Å²) < 4.78 is 4.89. The number of hydrogen-bond donors (Lipinski definition) is 0. The van der Waals surface area contributed by atoms with Gasteiger partial charge in [-0.05, 0) is 35.2 Å². The highest BCUT2D eigenvalue weighted by molar-refractivity contribution is 7.26. The third kappa shape index (κ3) is 3.23. The second kappa shape index (κ2) is 8.71. The largest absolute Gasteiger partial charge is 0.276 e. The standard InChI is InChI=1S/C38H21N3S2/c1-2-11-22(12-3-1)33-37-34(27-16-6-9-20-31(27)43-37)40-38(39-33)41-29-18-7-4-14-24(29)26-17-10-13-23-21-28-25-15-5-8-19-30(25)42-36(28)35(41)32(23)26/h1-21H. The highest BCUT2D eigenvalue weighted by Crippen LogP contribution is 2.55. The van der Waals surface area contributed by atoms with E-state index in [0.29, 0.717) is 5.95 Å². The van der Waals surface area contributed by atoms with Crippen LogP contribution in [0.1, 0.15) is 0 Å². The van der Waals surface area contributed by atoms with Crippen LogP contribution in [0.15, 0.2) is 127 Å². The second-order valence-corrected chi connectivity index (χ2v) is 13.1. The van der Waals surface area contributed by atoms with E-state index in [-0.39, 0.29) is 0 Å². The second-order valence-electron chi connectivity index (χ2n) is 11.0. The molecule has 200 valence electrons. The lowest BCUT2D eigenvalue weighted by Crippen LogP contribution is -2.18. The van der Waals surface area contributed by atoms with Crippen LogP contribution in [0.5, 0.6) is 0 Å². The van der Waals surface area contributed by atoms with Gasteiger partial charge in [-0.15, -0.1) is 22.7 Å². The van der Waals surface area contributed by atoms with Gasteiger partial charge in [0.15, 0.2) is 0 Å². The van der Waals surface area contributed by atoms with Gasteiger partial charge >= 0.3 is 0 Å². The average molecular weight is 584 g/mol. The van der Waals surface area contributed by atoms with E-state index < -0.39 is 0 Å². The molecular formula is C38H21N3S2. The first-order valence-corrected chi connectivity index (χ1v) is 16.0. The molecule has 9 aromatic rings. The third-order valence-electron chi connectivity index (χ3n) is 8.60. The molecule has 0 saturated heterocycles. The van der Waals surface area contributed by atoms with Crippen LogP contribution in [-0.4, -0.2) is 9.97 Å². The van der Waals surface area contributed by atoms with Crippen LogP contribution in [0.4, 0.5) is 17.3 Å². The van der Waals surface area contributed by atoms with Crippen molar-refractivity contribution < 1.29 is 0 Å². The van der Waals surface area contributed by atoms with Crippen LogP contribution < -0.4 is 4.90 Å². The van der Waals surface area contributed by atoms with Crippen molar-refractivity contribution >= 4 is 91.2 Å². The SMILES string of the molecule is c1ccc(-c2nc(N3c4ccccc4-c4cccc5cc6c(sc7ccccc76)c3c45)nc3c2sc2ccccc23)cc1. The van der Waals surface area contributed by atoms with Crippen molar-refractivity contribution in [1.29, 1.82) is 0 Å². The number of fused-ring (bicyclic) bond motifs is 9. The Labute approximate surface area is 254 Å². The molecule has 43 heavy (non-hydrogen) atoms. The smallest absolute Gasteiger partial charge is 0.235 e. The summed E-state index contributed by atoms with van der Waals surface area (Å²) in [6, 6.07) is 45.6. The molecule has 10 rings (SSSR count). The maximum atomic E-state index is 5.44. The number of nitrogens with zero attached hydrogens (tertiary/aromatic N) is 3. The zero-order valence-electron chi connectivity index (χ0n) is 22.8. The molecule has 0 atom stereocenters. The summed E-state index contributed by atoms with van der Waals surface area (Å²) in [5, 5.41) is 6.21. The van der Waals surface area contributed by atoms with Crippen LogP contribution in [0.2, 0.25) is 0 Å². The van der Waals surface area contributed by atoms with Crippen LogP contribution in [-0.2, 0) is 0 Å². The maximum absolute atomic E-state index is 5.44. The topological polar surface area (TPSA) is 29.0 Å². The Morgan fingerprint density at radius 1 is 0.535 bits per heavy atom. The van der Waals surface area contributed by atoms with Crippen LogP contribution in [0, 0.1) is 0 Å². The fraction of sp³-hybridized carbons (Fsp3) is 0. The molecule has 0 radical (unpaired) electrons. The predicted molar refractivity (Wildman–Crippen MR) is 184 cm³/mol. The molecule has 0 aliphatic carbocycles. The Morgan fingerprint density at radius 3 is 2.12 bits per heavy atom. The molecule has 3 nitrogen and oxygen atoms in total. The molecule has 4 heterocycles. The highest BCUT2D eigenvalue weighted by Gasteiger charge is 2.31. The summed E-state index contributed by atoms with van der Waals surface area (Å²) in [6.07, 6.45) is 0. The molecule has 0 N–H and O–H groups in total. The zero-order valence-corrected chi connectivity index (χ0v) is 24.4. The van der Waals surface area contributed by atoms with Gasteiger partial charge in [-0.2, -0.15) is 0 Å². The van der Waals surface area contributed by atoms with Crippen molar-refractivity contribution in [1.82, 2.24) is 9.97 Å². The van der Waals surface area contributed by atoms with Gasteiger partial charge in [-0.25, -0.2) is 9.97 Å². The number of aromatic nitrogens is 2. The number of hydrogen-bond acceptors (Lipinski definition) is 5. The number of thiophene rings is 2. The lowest BCUT2D eigenvalue weighted by Gasteiger charge is -2.32. The Hall–Kier alpha value is -5.10. The third-order valence-corrected chi connectivity index (χ3v) is 11.0.